The van der Waals surface area contributed by atoms with Gasteiger partial charge in [0.05, 0.1) is 12.2 Å². The molecule has 0 N–H and O–H groups in total. The highest BCUT2D eigenvalue weighted by Crippen LogP contribution is 2.31. The highest BCUT2D eigenvalue weighted by Gasteiger charge is 2.36. The molecule has 2 atom stereocenters. The van der Waals surface area contributed by atoms with Crippen LogP contribution in [0.3, 0.4) is 0 Å². The van der Waals surface area contributed by atoms with E-state index in [-0.39, 0.29) is 0 Å². The van der Waals surface area contributed by atoms with E-state index in [0.717, 1.165) is 0 Å². The molecule has 1 rings (SSSR count). The zero-order chi connectivity index (χ0) is 21.5. The van der Waals surface area contributed by atoms with Crippen molar-refractivity contribution in [2.24, 2.45) is 0 Å². The van der Waals surface area contributed by atoms with Crippen LogP contribution in [0.25, 0.3) is 0 Å². The molecule has 0 saturated carbocycles. The summed E-state index contributed by atoms with van der Waals surface area (Å²) < 4.78 is 5.87. The van der Waals surface area contributed by atoms with Gasteiger partial charge in [-0.1, -0.05) is 162 Å². The quantitative estimate of drug-likeness (QED) is 0.105. The van der Waals surface area contributed by atoms with Crippen LogP contribution in [0.2, 0.25) is 0 Å². The Bertz CT molecular complexity index is 326. The summed E-state index contributed by atoms with van der Waals surface area (Å²) in [5.74, 6) is 0. The molecule has 1 nitrogen and oxygen atoms in total. The fraction of sp³-hybridized carbons (Fsp3) is 1.00. The van der Waals surface area contributed by atoms with Crippen molar-refractivity contribution in [2.75, 3.05) is 0 Å². The predicted octanol–water partition coefficient (Wildman–Crippen LogP) is 10.5. The van der Waals surface area contributed by atoms with Crippen LogP contribution in [-0.2, 0) is 4.74 Å². The highest BCUT2D eigenvalue weighted by molar-refractivity contribution is 4.84. The Labute approximate surface area is 191 Å². The van der Waals surface area contributed by atoms with Gasteiger partial charge in [0.25, 0.3) is 0 Å². The van der Waals surface area contributed by atoms with Crippen molar-refractivity contribution >= 4 is 0 Å². The van der Waals surface area contributed by atoms with E-state index >= 15 is 0 Å². The summed E-state index contributed by atoms with van der Waals surface area (Å²) in [6, 6.07) is 0. The summed E-state index contributed by atoms with van der Waals surface area (Å²) in [4.78, 5) is 0. The summed E-state index contributed by atoms with van der Waals surface area (Å²) in [7, 11) is 0. The second-order valence-electron chi connectivity index (χ2n) is 10.2. The number of hydrogen-bond donors (Lipinski definition) is 0. The molecule has 1 aliphatic rings. The summed E-state index contributed by atoms with van der Waals surface area (Å²) in [5, 5.41) is 0. The average Bonchev–Trinajstić information content (AvgIpc) is 3.51. The molecule has 0 amide bonds. The van der Waals surface area contributed by atoms with E-state index in [1.54, 1.807) is 0 Å². The summed E-state index contributed by atoms with van der Waals surface area (Å²) in [6.07, 6.45) is 37.2. The van der Waals surface area contributed by atoms with Gasteiger partial charge in [0.1, 0.15) is 0 Å². The van der Waals surface area contributed by atoms with Crippen LogP contribution >= 0.6 is 0 Å². The maximum absolute atomic E-state index is 5.87. The van der Waals surface area contributed by atoms with E-state index in [9.17, 15) is 0 Å². The minimum absolute atomic E-state index is 0.636. The maximum atomic E-state index is 5.87. The standard InChI is InChI=1S/C29H58O/c1-3-5-7-9-11-12-13-14-15-16-17-18-19-20-21-23-25-27-29-28(30-29)26-24-22-10-8-6-4-2/h28-29H,3-27H2,1-2H3. The first-order valence-corrected chi connectivity index (χ1v) is 14.5. The van der Waals surface area contributed by atoms with Gasteiger partial charge in [-0.25, -0.2) is 0 Å². The third kappa shape index (κ3) is 18.7. The van der Waals surface area contributed by atoms with Gasteiger partial charge in [-0.2, -0.15) is 0 Å². The number of hydrogen-bond acceptors (Lipinski definition) is 1. The van der Waals surface area contributed by atoms with Crippen LogP contribution in [-0.4, -0.2) is 12.2 Å². The lowest BCUT2D eigenvalue weighted by molar-refractivity contribution is 0.347. The lowest BCUT2D eigenvalue weighted by atomic mass is 10.0. The molecule has 180 valence electrons. The van der Waals surface area contributed by atoms with Gasteiger partial charge in [-0.15, -0.1) is 0 Å². The van der Waals surface area contributed by atoms with Crippen molar-refractivity contribution in [3.8, 4) is 0 Å². The first kappa shape index (κ1) is 28.0. The molecule has 1 fully saturated rings. The SMILES string of the molecule is CCCCCCCCCCCCCCCCCCCC1OC1CCCCCCCC. The van der Waals surface area contributed by atoms with Gasteiger partial charge in [-0.05, 0) is 12.8 Å². The lowest BCUT2D eigenvalue weighted by Gasteiger charge is -2.03. The van der Waals surface area contributed by atoms with Crippen LogP contribution < -0.4 is 0 Å². The number of ether oxygens (including phenoxy) is 1. The van der Waals surface area contributed by atoms with Gasteiger partial charge in [-0.3, -0.25) is 0 Å². The third-order valence-electron chi connectivity index (χ3n) is 7.12. The molecule has 0 aromatic rings. The average molecular weight is 423 g/mol. The van der Waals surface area contributed by atoms with E-state index in [4.69, 9.17) is 4.74 Å². The summed E-state index contributed by atoms with van der Waals surface area (Å²) in [5.41, 5.74) is 0. The Morgan fingerprint density at radius 2 is 0.567 bits per heavy atom. The van der Waals surface area contributed by atoms with Gasteiger partial charge in [0, 0.05) is 0 Å². The first-order valence-electron chi connectivity index (χ1n) is 14.5. The molecule has 0 aliphatic carbocycles. The molecule has 0 aromatic heterocycles. The van der Waals surface area contributed by atoms with Crippen LogP contribution in [0.5, 0.6) is 0 Å². The van der Waals surface area contributed by atoms with Gasteiger partial charge in [0.2, 0.25) is 0 Å². The molecule has 1 saturated heterocycles. The fourth-order valence-electron chi connectivity index (χ4n) is 4.88. The Morgan fingerprint density at radius 3 is 0.833 bits per heavy atom. The lowest BCUT2D eigenvalue weighted by Crippen LogP contribution is -1.94. The summed E-state index contributed by atoms with van der Waals surface area (Å²) >= 11 is 0. The molecule has 0 aromatic carbocycles. The smallest absolute Gasteiger partial charge is 0.0841 e. The Morgan fingerprint density at radius 1 is 0.333 bits per heavy atom. The van der Waals surface area contributed by atoms with Gasteiger partial charge < -0.3 is 4.74 Å². The molecule has 1 aliphatic heterocycles. The van der Waals surface area contributed by atoms with Crippen LogP contribution in [0.15, 0.2) is 0 Å². The summed E-state index contributed by atoms with van der Waals surface area (Å²) in [6.45, 7) is 4.60. The normalized spacial score (nSPS) is 18.2. The highest BCUT2D eigenvalue weighted by atomic mass is 16.6. The Kier molecular flexibility index (Phi) is 20.7. The van der Waals surface area contributed by atoms with Crippen LogP contribution in [0, 0.1) is 0 Å². The Balaban J connectivity index is 1.66. The van der Waals surface area contributed by atoms with Crippen molar-refractivity contribution in [1.82, 2.24) is 0 Å². The van der Waals surface area contributed by atoms with E-state index in [0.29, 0.717) is 12.2 Å². The van der Waals surface area contributed by atoms with Crippen LogP contribution in [0.1, 0.15) is 174 Å². The maximum Gasteiger partial charge on any atom is 0.0841 e. The monoisotopic (exact) mass is 422 g/mol. The largest absolute Gasteiger partial charge is 0.370 e. The van der Waals surface area contributed by atoms with Crippen molar-refractivity contribution in [2.45, 2.75) is 187 Å². The second kappa shape index (κ2) is 22.2. The predicted molar refractivity (Wildman–Crippen MR) is 135 cm³/mol. The molecular formula is C29H58O. The molecule has 1 heterocycles. The van der Waals surface area contributed by atoms with E-state index in [1.807, 2.05) is 0 Å². The first-order chi connectivity index (χ1) is 14.9. The molecule has 0 bridgehead atoms. The van der Waals surface area contributed by atoms with Crippen molar-refractivity contribution < 1.29 is 4.74 Å². The van der Waals surface area contributed by atoms with Crippen molar-refractivity contribution in [3.63, 3.8) is 0 Å². The van der Waals surface area contributed by atoms with Gasteiger partial charge >= 0.3 is 0 Å². The fourth-order valence-corrected chi connectivity index (χ4v) is 4.88. The number of unbranched alkanes of at least 4 members (excludes halogenated alkanes) is 21. The van der Waals surface area contributed by atoms with E-state index in [1.165, 1.54) is 161 Å². The third-order valence-corrected chi connectivity index (χ3v) is 7.12. The zero-order valence-electron chi connectivity index (χ0n) is 21.2. The molecule has 30 heavy (non-hydrogen) atoms. The second-order valence-corrected chi connectivity index (χ2v) is 10.2. The van der Waals surface area contributed by atoms with Gasteiger partial charge in [0.15, 0.2) is 0 Å². The molecule has 0 spiro atoms. The van der Waals surface area contributed by atoms with Crippen molar-refractivity contribution in [3.05, 3.63) is 0 Å². The van der Waals surface area contributed by atoms with Crippen molar-refractivity contribution in [1.29, 1.82) is 0 Å². The molecule has 0 radical (unpaired) electrons. The molecule has 1 heteroatoms. The number of epoxide rings is 1. The Hall–Kier alpha value is -0.0400. The molecule has 2 unspecified atom stereocenters. The number of rotatable bonds is 25. The topological polar surface area (TPSA) is 12.5 Å². The van der Waals surface area contributed by atoms with E-state index < -0.39 is 0 Å². The minimum atomic E-state index is 0.636. The van der Waals surface area contributed by atoms with Crippen LogP contribution in [0.4, 0.5) is 0 Å². The molecular weight excluding hydrogens is 364 g/mol. The van der Waals surface area contributed by atoms with E-state index in [2.05, 4.69) is 13.8 Å². The zero-order valence-corrected chi connectivity index (χ0v) is 21.2. The minimum Gasteiger partial charge on any atom is -0.370 e.